The van der Waals surface area contributed by atoms with Gasteiger partial charge in [-0.2, -0.15) is 34.8 Å². The summed E-state index contributed by atoms with van der Waals surface area (Å²) in [6.07, 6.45) is -10.7. The van der Waals surface area contributed by atoms with E-state index in [9.17, 15) is 39.6 Å². The van der Waals surface area contributed by atoms with Gasteiger partial charge in [-0.15, -0.1) is 0 Å². The van der Waals surface area contributed by atoms with Crippen molar-refractivity contribution in [3.8, 4) is 5.75 Å². The fourth-order valence-corrected chi connectivity index (χ4v) is 10.8. The zero-order valence-electron chi connectivity index (χ0n) is 26.4. The molecule has 0 heterocycles. The second-order valence-corrected chi connectivity index (χ2v) is 16.0. The maximum atomic E-state index is 14.2. The molecule has 14 heteroatoms. The molecule has 0 atom stereocenters. The third kappa shape index (κ3) is 8.16. The van der Waals surface area contributed by atoms with Gasteiger partial charge in [0.25, 0.3) is 0 Å². The zero-order valence-corrected chi connectivity index (χ0v) is 28.0. The van der Waals surface area contributed by atoms with Crippen LogP contribution in [0.1, 0.15) is 43.0 Å². The normalized spacial score (nSPS) is 13.2. The summed E-state index contributed by atoms with van der Waals surface area (Å²) in [5.41, 5.74) is -3.66. The van der Waals surface area contributed by atoms with Gasteiger partial charge in [0, 0.05) is 14.7 Å². The third-order valence-corrected chi connectivity index (χ3v) is 12.2. The molecule has 0 saturated heterocycles. The second-order valence-electron chi connectivity index (χ2n) is 11.7. The average molecular weight is 715 g/mol. The molecule has 0 aliphatic heterocycles. The minimum atomic E-state index is -5.48. The molecule has 0 fully saturated rings. The van der Waals surface area contributed by atoms with E-state index in [-0.39, 0.29) is 38.6 Å². The molecule has 0 unspecified atom stereocenters. The highest BCUT2D eigenvalue weighted by Gasteiger charge is 2.45. The van der Waals surface area contributed by atoms with E-state index in [0.717, 1.165) is 0 Å². The molecule has 0 aliphatic rings. The van der Waals surface area contributed by atoms with E-state index in [1.54, 1.807) is 95.3 Å². The Kier molecular flexibility index (Phi) is 10.3. The van der Waals surface area contributed by atoms with Crippen LogP contribution in [0.2, 0.25) is 0 Å². The number of hydrogen-bond acceptors (Lipinski definition) is 6. The topological polar surface area (TPSA) is 78.9 Å². The molecule has 0 aromatic heterocycles. The number of hydrogen-bond donors (Lipinski definition) is 0. The van der Waals surface area contributed by atoms with Crippen molar-refractivity contribution >= 4 is 26.4 Å². The lowest BCUT2D eigenvalue weighted by atomic mass is 10.1. The fraction of sp³-hybridized carbons (Fsp3) is 0.265. The van der Waals surface area contributed by atoms with Gasteiger partial charge in [0.15, 0.2) is 6.61 Å². The number of benzene rings is 4. The second kappa shape index (κ2) is 13.5. The Labute approximate surface area is 276 Å². The van der Waals surface area contributed by atoms with Crippen molar-refractivity contribution in [2.45, 2.75) is 72.2 Å². The Hall–Kier alpha value is -4.01. The van der Waals surface area contributed by atoms with E-state index in [1.165, 1.54) is 12.1 Å². The molecule has 4 rings (SSSR count). The number of rotatable bonds is 9. The minimum absolute atomic E-state index is 0.221. The van der Waals surface area contributed by atoms with Gasteiger partial charge in [-0.1, -0.05) is 36.4 Å². The highest BCUT2D eigenvalue weighted by molar-refractivity contribution is 8.33. The van der Waals surface area contributed by atoms with Gasteiger partial charge in [0.05, 0.1) is 11.1 Å². The van der Waals surface area contributed by atoms with Crippen molar-refractivity contribution in [3.63, 3.8) is 0 Å². The Morgan fingerprint density at radius 1 is 0.708 bits per heavy atom. The lowest BCUT2D eigenvalue weighted by Gasteiger charge is -2.41. The summed E-state index contributed by atoms with van der Waals surface area (Å²) in [5, 5.41) is 0. The molecule has 0 bridgehead atoms. The van der Waals surface area contributed by atoms with Gasteiger partial charge >= 0.3 is 28.4 Å². The summed E-state index contributed by atoms with van der Waals surface area (Å²) in [6, 6.07) is 19.2. The molecule has 0 amide bonds. The van der Waals surface area contributed by atoms with Crippen LogP contribution < -0.4 is 4.74 Å². The number of esters is 1. The van der Waals surface area contributed by atoms with Crippen LogP contribution in [0.25, 0.3) is 0 Å². The monoisotopic (exact) mass is 714 g/mol. The summed E-state index contributed by atoms with van der Waals surface area (Å²) in [6.45, 7) is 7.88. The lowest BCUT2D eigenvalue weighted by Crippen LogP contribution is -2.27. The first-order valence-electron chi connectivity index (χ1n) is 14.3. The van der Waals surface area contributed by atoms with Crippen molar-refractivity contribution in [1.29, 1.82) is 0 Å². The van der Waals surface area contributed by atoms with Crippen LogP contribution in [0.4, 0.5) is 26.3 Å². The molecule has 48 heavy (non-hydrogen) atoms. The van der Waals surface area contributed by atoms with E-state index >= 15 is 0 Å². The molecule has 0 N–H and O–H groups in total. The highest BCUT2D eigenvalue weighted by atomic mass is 32.3. The number of ether oxygens (including phenoxy) is 2. The van der Waals surface area contributed by atoms with Crippen molar-refractivity contribution in [1.82, 2.24) is 0 Å². The third-order valence-electron chi connectivity index (χ3n) is 6.72. The summed E-state index contributed by atoms with van der Waals surface area (Å²) in [5.74, 6) is -0.416. The molecule has 0 aliphatic carbocycles. The molecule has 0 saturated carbocycles. The van der Waals surface area contributed by atoms with Crippen molar-refractivity contribution in [2.24, 2.45) is 0 Å². The molecular weight excluding hydrogens is 682 g/mol. The Balaban J connectivity index is 1.97. The number of alkyl halides is 6. The molecule has 6 nitrogen and oxygen atoms in total. The number of halogens is 6. The van der Waals surface area contributed by atoms with E-state index in [4.69, 9.17) is 13.1 Å². The first-order valence-corrected chi connectivity index (χ1v) is 17.3. The van der Waals surface area contributed by atoms with Crippen LogP contribution >= 0.6 is 10.3 Å². The van der Waals surface area contributed by atoms with Crippen molar-refractivity contribution in [3.05, 3.63) is 113 Å². The Morgan fingerprint density at radius 3 is 1.65 bits per heavy atom. The van der Waals surface area contributed by atoms with E-state index < -0.39 is 67.0 Å². The van der Waals surface area contributed by atoms with E-state index in [2.05, 4.69) is 0 Å². The van der Waals surface area contributed by atoms with Crippen LogP contribution in [0, 0.1) is 13.8 Å². The van der Waals surface area contributed by atoms with Gasteiger partial charge in [-0.3, -0.25) is 0 Å². The van der Waals surface area contributed by atoms with Crippen molar-refractivity contribution in [2.75, 3.05) is 6.61 Å². The van der Waals surface area contributed by atoms with Crippen LogP contribution in [0.5, 0.6) is 5.75 Å². The maximum Gasteiger partial charge on any atom is 0.417 e. The van der Waals surface area contributed by atoms with Gasteiger partial charge in [-0.25, -0.2) is 8.42 Å². The maximum absolute atomic E-state index is 14.2. The quantitative estimate of drug-likeness (QED) is 0.127. The van der Waals surface area contributed by atoms with Crippen molar-refractivity contribution < 1.29 is 52.7 Å². The fourth-order valence-electron chi connectivity index (χ4n) is 4.99. The van der Waals surface area contributed by atoms with Gasteiger partial charge < -0.3 is 9.47 Å². The molecular formula is C34H32F6O6S2. The number of carbonyl (C=O) groups is 1. The summed E-state index contributed by atoms with van der Waals surface area (Å²) < 4.78 is 128. The molecule has 258 valence electrons. The first kappa shape index (κ1) is 36.8. The Morgan fingerprint density at radius 2 is 1.21 bits per heavy atom. The largest absolute Gasteiger partial charge is 0.482 e. The first-order chi connectivity index (χ1) is 22.1. The average Bonchev–Trinajstić information content (AvgIpc) is 2.98. The SMILES string of the molecule is Cc1cc(OCC(=O)OC(C)(C)C)cc(C)c1S(OS(=O)(=O)c1ccc(C(F)(F)F)cc1C(F)(F)F)(c1ccccc1)c1ccccc1. The van der Waals surface area contributed by atoms with E-state index in [1.807, 2.05) is 0 Å². The Bertz CT molecular complexity index is 1820. The zero-order chi connectivity index (χ0) is 35.7. The van der Waals surface area contributed by atoms with Crippen LogP contribution in [-0.4, -0.2) is 26.6 Å². The molecule has 0 spiro atoms. The predicted molar refractivity (Wildman–Crippen MR) is 167 cm³/mol. The minimum Gasteiger partial charge on any atom is -0.482 e. The lowest BCUT2D eigenvalue weighted by molar-refractivity contribution is -0.157. The summed E-state index contributed by atoms with van der Waals surface area (Å²) >= 11 is 0. The number of carbonyl (C=O) groups excluding carboxylic acids is 1. The van der Waals surface area contributed by atoms with Crippen LogP contribution in [-0.2, 0) is 35.6 Å². The highest BCUT2D eigenvalue weighted by Crippen LogP contribution is 2.72. The van der Waals surface area contributed by atoms with Crippen LogP contribution in [0.15, 0.2) is 111 Å². The van der Waals surface area contributed by atoms with Gasteiger partial charge in [0.1, 0.15) is 16.2 Å². The summed E-state index contributed by atoms with van der Waals surface area (Å²) in [7, 11) is -8.96. The molecule has 4 aromatic carbocycles. The smallest absolute Gasteiger partial charge is 0.417 e. The van der Waals surface area contributed by atoms with Gasteiger partial charge in [-0.05, 0) is 111 Å². The van der Waals surface area contributed by atoms with E-state index in [0.29, 0.717) is 11.1 Å². The predicted octanol–water partition coefficient (Wildman–Crippen LogP) is 9.66. The number of aryl methyl sites for hydroxylation is 2. The molecule has 4 aromatic rings. The standard InChI is InChI=1S/C34H32F6O6S2/c1-22-18-25(44-21-30(41)45-32(3,4)5)19-23(2)31(22)47(26-12-8-6-9-13-26,27-14-10-7-11-15-27)46-48(42,43)29-17-16-24(33(35,36)37)20-28(29)34(38,39)40/h6-20H,21H2,1-5H3. The summed E-state index contributed by atoms with van der Waals surface area (Å²) in [4.78, 5) is 11.6. The van der Waals surface area contributed by atoms with Gasteiger partial charge in [0.2, 0.25) is 0 Å². The molecule has 0 radical (unpaired) electrons. The van der Waals surface area contributed by atoms with Crippen LogP contribution in [0.3, 0.4) is 0 Å².